The van der Waals surface area contributed by atoms with Crippen LogP contribution in [-0.4, -0.2) is 13.0 Å². The molecule has 0 spiro atoms. The molecule has 0 unspecified atom stereocenters. The summed E-state index contributed by atoms with van der Waals surface area (Å²) in [6, 6.07) is 16.7. The normalized spacial score (nSPS) is 11.8. The third kappa shape index (κ3) is 2.49. The first-order valence-electron chi connectivity index (χ1n) is 8.45. The van der Waals surface area contributed by atoms with E-state index in [4.69, 9.17) is 5.41 Å². The first kappa shape index (κ1) is 15.5. The molecule has 0 aromatic heterocycles. The molecule has 3 aromatic rings. The van der Waals surface area contributed by atoms with Crippen LogP contribution in [-0.2, 0) is 0 Å². The molecule has 0 heterocycles. The van der Waals surface area contributed by atoms with Crippen molar-refractivity contribution in [2.45, 2.75) is 13.8 Å². The molecule has 0 bridgehead atoms. The van der Waals surface area contributed by atoms with E-state index in [1.165, 1.54) is 33.0 Å². The van der Waals surface area contributed by atoms with Crippen molar-refractivity contribution in [1.29, 1.82) is 5.41 Å². The van der Waals surface area contributed by atoms with E-state index in [1.54, 1.807) is 0 Å². The second kappa shape index (κ2) is 5.78. The molecular weight excluding hydrogens is 306 g/mol. The summed E-state index contributed by atoms with van der Waals surface area (Å²) in [7, 11) is 1.94. The lowest BCUT2D eigenvalue weighted by atomic mass is 10.0. The zero-order valence-corrected chi connectivity index (χ0v) is 14.7. The lowest BCUT2D eigenvalue weighted by Crippen LogP contribution is -2.32. The van der Waals surface area contributed by atoms with Gasteiger partial charge in [-0.05, 0) is 53.4 Å². The maximum absolute atomic E-state index is 8.52. The number of rotatable bonds is 2. The van der Waals surface area contributed by atoms with Gasteiger partial charge in [-0.1, -0.05) is 48.6 Å². The zero-order chi connectivity index (χ0) is 17.6. The Bertz CT molecular complexity index is 1030. The van der Waals surface area contributed by atoms with Gasteiger partial charge in [-0.2, -0.15) is 0 Å². The maximum atomic E-state index is 8.52. The van der Waals surface area contributed by atoms with E-state index >= 15 is 0 Å². The Balaban J connectivity index is 1.69. The Hall–Kier alpha value is -3.07. The molecule has 3 heteroatoms. The van der Waals surface area contributed by atoms with Crippen molar-refractivity contribution < 1.29 is 0 Å². The monoisotopic (exact) mass is 327 g/mol. The summed E-state index contributed by atoms with van der Waals surface area (Å²) in [5, 5.41) is 14.3. The number of guanidine groups is 1. The number of nitrogens with one attached hydrogen (secondary N) is 2. The predicted octanol–water partition coefficient (Wildman–Crippen LogP) is 5.42. The minimum Gasteiger partial charge on any atom is -0.326 e. The number of anilines is 2. The van der Waals surface area contributed by atoms with Gasteiger partial charge in [-0.25, -0.2) is 0 Å². The number of aryl methyl sites for hydroxylation is 1. The molecule has 4 rings (SSSR count). The summed E-state index contributed by atoms with van der Waals surface area (Å²) < 4.78 is 0. The average Bonchev–Trinajstić information content (AvgIpc) is 3.05. The highest BCUT2D eigenvalue weighted by Gasteiger charge is 2.17. The fourth-order valence-electron chi connectivity index (χ4n) is 3.42. The summed E-state index contributed by atoms with van der Waals surface area (Å²) in [5.41, 5.74) is 6.84. The van der Waals surface area contributed by atoms with Gasteiger partial charge < -0.3 is 10.2 Å². The van der Waals surface area contributed by atoms with Gasteiger partial charge in [0.05, 0.1) is 5.69 Å². The van der Waals surface area contributed by atoms with Gasteiger partial charge in [0.25, 0.3) is 0 Å². The molecule has 2 N–H and O–H groups in total. The van der Waals surface area contributed by atoms with Crippen molar-refractivity contribution in [3.63, 3.8) is 0 Å². The molecule has 0 atom stereocenters. The molecule has 0 saturated heterocycles. The highest BCUT2D eigenvalue weighted by atomic mass is 15.3. The molecule has 124 valence electrons. The van der Waals surface area contributed by atoms with E-state index < -0.39 is 0 Å². The van der Waals surface area contributed by atoms with Crippen LogP contribution in [0.1, 0.15) is 22.3 Å². The van der Waals surface area contributed by atoms with E-state index in [9.17, 15) is 0 Å². The molecule has 3 aromatic carbocycles. The summed E-state index contributed by atoms with van der Waals surface area (Å²) in [6.45, 7) is 4.17. The van der Waals surface area contributed by atoms with Crippen molar-refractivity contribution in [1.82, 2.24) is 0 Å². The van der Waals surface area contributed by atoms with Gasteiger partial charge >= 0.3 is 0 Å². The lowest BCUT2D eigenvalue weighted by Gasteiger charge is -2.24. The SMILES string of the molecule is Cc1cccc(NC(=N)N(C)c2ccc3cccc4c3c2C=C4)c1C. The summed E-state index contributed by atoms with van der Waals surface area (Å²) in [5.74, 6) is 0.363. The first-order chi connectivity index (χ1) is 12.1. The standard InChI is InChI=1S/C22H21N3/c1-14-6-4-9-19(15(14)2)24-22(23)25(3)20-13-11-17-8-5-7-16-10-12-18(20)21(16)17/h4-13H,1-3H3,(H2,23,24). The van der Waals surface area contributed by atoms with Crippen molar-refractivity contribution in [2.24, 2.45) is 0 Å². The number of hydrogen-bond donors (Lipinski definition) is 2. The molecule has 0 aliphatic heterocycles. The Morgan fingerprint density at radius 3 is 2.60 bits per heavy atom. The smallest absolute Gasteiger partial charge is 0.199 e. The Morgan fingerprint density at radius 2 is 1.76 bits per heavy atom. The highest BCUT2D eigenvalue weighted by Crippen LogP contribution is 2.37. The molecule has 0 amide bonds. The quantitative estimate of drug-likeness (QED) is 0.381. The number of hydrogen-bond acceptors (Lipinski definition) is 1. The van der Waals surface area contributed by atoms with E-state index in [2.05, 4.69) is 67.7 Å². The van der Waals surface area contributed by atoms with Crippen molar-refractivity contribution in [2.75, 3.05) is 17.3 Å². The minimum atomic E-state index is 0.363. The van der Waals surface area contributed by atoms with Gasteiger partial charge in [0.15, 0.2) is 5.96 Å². The topological polar surface area (TPSA) is 39.1 Å². The summed E-state index contributed by atoms with van der Waals surface area (Å²) in [6.07, 6.45) is 4.30. The van der Waals surface area contributed by atoms with Crippen molar-refractivity contribution in [3.05, 3.63) is 70.8 Å². The molecule has 0 saturated carbocycles. The predicted molar refractivity (Wildman–Crippen MR) is 109 cm³/mol. The van der Waals surface area contributed by atoms with Crippen molar-refractivity contribution in [3.8, 4) is 0 Å². The van der Waals surface area contributed by atoms with Gasteiger partial charge in [-0.3, -0.25) is 5.41 Å². The Kier molecular flexibility index (Phi) is 3.57. The van der Waals surface area contributed by atoms with Gasteiger partial charge in [0.1, 0.15) is 0 Å². The minimum absolute atomic E-state index is 0.363. The Labute approximate surface area is 148 Å². The van der Waals surface area contributed by atoms with Crippen LogP contribution in [0.25, 0.3) is 22.9 Å². The fraction of sp³-hybridized carbons (Fsp3) is 0.136. The molecular formula is C22H21N3. The van der Waals surface area contributed by atoms with E-state index in [-0.39, 0.29) is 0 Å². The van der Waals surface area contributed by atoms with E-state index in [0.717, 1.165) is 11.4 Å². The largest absolute Gasteiger partial charge is 0.326 e. The van der Waals surface area contributed by atoms with Crippen molar-refractivity contribution >= 4 is 40.3 Å². The van der Waals surface area contributed by atoms with E-state index in [0.29, 0.717) is 5.96 Å². The van der Waals surface area contributed by atoms with Crippen LogP contribution >= 0.6 is 0 Å². The number of benzene rings is 3. The fourth-order valence-corrected chi connectivity index (χ4v) is 3.42. The maximum Gasteiger partial charge on any atom is 0.199 e. The molecule has 3 nitrogen and oxygen atoms in total. The van der Waals surface area contributed by atoms with Gasteiger partial charge in [0.2, 0.25) is 0 Å². The van der Waals surface area contributed by atoms with Crippen LogP contribution in [0.2, 0.25) is 0 Å². The highest BCUT2D eigenvalue weighted by molar-refractivity contribution is 6.12. The lowest BCUT2D eigenvalue weighted by molar-refractivity contribution is 1.21. The second-order valence-electron chi connectivity index (χ2n) is 6.56. The summed E-state index contributed by atoms with van der Waals surface area (Å²) >= 11 is 0. The third-order valence-corrected chi connectivity index (χ3v) is 5.08. The number of nitrogens with zero attached hydrogens (tertiary/aromatic N) is 1. The van der Waals surface area contributed by atoms with Crippen LogP contribution in [0, 0.1) is 19.3 Å². The van der Waals surface area contributed by atoms with Crippen LogP contribution in [0.5, 0.6) is 0 Å². The van der Waals surface area contributed by atoms with E-state index in [1.807, 2.05) is 24.1 Å². The van der Waals surface area contributed by atoms with Crippen LogP contribution in [0.3, 0.4) is 0 Å². The first-order valence-corrected chi connectivity index (χ1v) is 8.45. The molecule has 0 radical (unpaired) electrons. The molecule has 1 aliphatic rings. The average molecular weight is 327 g/mol. The molecule has 0 fully saturated rings. The zero-order valence-electron chi connectivity index (χ0n) is 14.7. The van der Waals surface area contributed by atoms with Crippen LogP contribution in [0.15, 0.2) is 48.5 Å². The Morgan fingerprint density at radius 1 is 0.960 bits per heavy atom. The third-order valence-electron chi connectivity index (χ3n) is 5.08. The van der Waals surface area contributed by atoms with Gasteiger partial charge in [0, 0.05) is 18.3 Å². The summed E-state index contributed by atoms with van der Waals surface area (Å²) in [4.78, 5) is 1.91. The van der Waals surface area contributed by atoms with Crippen LogP contribution < -0.4 is 10.2 Å². The van der Waals surface area contributed by atoms with Crippen LogP contribution in [0.4, 0.5) is 11.4 Å². The van der Waals surface area contributed by atoms with Gasteiger partial charge in [-0.15, -0.1) is 0 Å². The molecule has 25 heavy (non-hydrogen) atoms. The second-order valence-corrected chi connectivity index (χ2v) is 6.56. The molecule has 1 aliphatic carbocycles.